The van der Waals surface area contributed by atoms with Gasteiger partial charge >= 0.3 is 0 Å². The van der Waals surface area contributed by atoms with E-state index < -0.39 is 10.0 Å². The van der Waals surface area contributed by atoms with Gasteiger partial charge in [0.05, 0.1) is 12.0 Å². The Morgan fingerprint density at radius 1 is 0.972 bits per heavy atom. The van der Waals surface area contributed by atoms with Crippen LogP contribution in [0.25, 0.3) is 0 Å². The highest BCUT2D eigenvalue weighted by Crippen LogP contribution is 2.25. The third-order valence-corrected chi connectivity index (χ3v) is 7.61. The monoisotopic (exact) mass is 529 g/mol. The minimum Gasteiger partial charge on any atom is -0.497 e. The fraction of sp³-hybridized carbons (Fsp3) is 0.269. The Hall–Kier alpha value is -3.43. The van der Waals surface area contributed by atoms with Crippen LogP contribution in [0.5, 0.6) is 11.5 Å². The predicted molar refractivity (Wildman–Crippen MR) is 141 cm³/mol. The van der Waals surface area contributed by atoms with Gasteiger partial charge in [0.15, 0.2) is 6.61 Å². The Bertz CT molecular complexity index is 1310. The molecule has 1 N–H and O–H groups in total. The van der Waals surface area contributed by atoms with E-state index in [0.717, 1.165) is 24.5 Å². The van der Waals surface area contributed by atoms with Gasteiger partial charge in [-0.1, -0.05) is 11.6 Å². The van der Waals surface area contributed by atoms with Crippen molar-refractivity contribution in [2.24, 2.45) is 0 Å². The molecule has 3 aromatic carbocycles. The molecule has 36 heavy (non-hydrogen) atoms. The number of carbonyl (C=O) groups excluding carboxylic acids is 1. The number of hydrogen-bond donors (Lipinski definition) is 1. The van der Waals surface area contributed by atoms with Crippen LogP contribution in [0, 0.1) is 6.92 Å². The van der Waals surface area contributed by atoms with Crippen LogP contribution in [-0.2, 0) is 14.8 Å². The number of amides is 1. The van der Waals surface area contributed by atoms with E-state index in [9.17, 15) is 13.2 Å². The lowest BCUT2D eigenvalue weighted by atomic mass is 10.2. The van der Waals surface area contributed by atoms with Gasteiger partial charge in [-0.15, -0.1) is 0 Å². The zero-order valence-corrected chi connectivity index (χ0v) is 21.7. The second-order valence-corrected chi connectivity index (χ2v) is 10.5. The van der Waals surface area contributed by atoms with Gasteiger partial charge in [0.2, 0.25) is 0 Å². The van der Waals surface area contributed by atoms with Crippen molar-refractivity contribution in [3.63, 3.8) is 0 Å². The van der Waals surface area contributed by atoms with Crippen molar-refractivity contribution in [1.82, 2.24) is 4.90 Å². The maximum absolute atomic E-state index is 12.7. The summed E-state index contributed by atoms with van der Waals surface area (Å²) in [5.74, 6) is 1.17. The number of methoxy groups -OCH3 is 1. The molecule has 8 nitrogen and oxygen atoms in total. The molecule has 1 saturated heterocycles. The van der Waals surface area contributed by atoms with Crippen molar-refractivity contribution in [2.45, 2.75) is 11.8 Å². The zero-order valence-electron chi connectivity index (χ0n) is 20.1. The Morgan fingerprint density at radius 2 is 1.64 bits per heavy atom. The molecule has 0 aromatic heterocycles. The van der Waals surface area contributed by atoms with Gasteiger partial charge in [0.1, 0.15) is 11.5 Å². The summed E-state index contributed by atoms with van der Waals surface area (Å²) in [6.07, 6.45) is 0. The first-order valence-corrected chi connectivity index (χ1v) is 13.3. The van der Waals surface area contributed by atoms with Crippen molar-refractivity contribution in [2.75, 3.05) is 49.5 Å². The third kappa shape index (κ3) is 6.22. The predicted octanol–water partition coefficient (Wildman–Crippen LogP) is 4.19. The summed E-state index contributed by atoms with van der Waals surface area (Å²) in [6, 6.07) is 18.8. The van der Waals surface area contributed by atoms with Crippen LogP contribution >= 0.6 is 11.6 Å². The molecule has 4 rings (SSSR count). The topological polar surface area (TPSA) is 88.2 Å². The summed E-state index contributed by atoms with van der Waals surface area (Å²) in [6.45, 7) is 4.28. The average Bonchev–Trinajstić information content (AvgIpc) is 2.89. The standard InChI is InChI=1S/C26H28ClN3O5S/c1-19-17-24(36(32,33)28-21-5-3-20(27)4-6-21)11-12-25(19)35-18-26(31)30-15-13-29(14-16-30)22-7-9-23(34-2)10-8-22/h3-12,17,28H,13-16,18H2,1-2H3. The van der Waals surface area contributed by atoms with Crippen LogP contribution in [0.3, 0.4) is 0 Å². The molecule has 1 amide bonds. The molecule has 3 aromatic rings. The Kier molecular flexibility index (Phi) is 7.91. The highest BCUT2D eigenvalue weighted by molar-refractivity contribution is 7.92. The van der Waals surface area contributed by atoms with Gasteiger partial charge in [0, 0.05) is 42.6 Å². The molecule has 1 aliphatic rings. The van der Waals surface area contributed by atoms with Gasteiger partial charge in [0.25, 0.3) is 15.9 Å². The molecule has 0 radical (unpaired) electrons. The van der Waals surface area contributed by atoms with E-state index in [-0.39, 0.29) is 17.4 Å². The van der Waals surface area contributed by atoms with E-state index in [0.29, 0.717) is 35.1 Å². The van der Waals surface area contributed by atoms with E-state index in [4.69, 9.17) is 21.1 Å². The van der Waals surface area contributed by atoms with Crippen molar-refractivity contribution >= 4 is 38.9 Å². The third-order valence-electron chi connectivity index (χ3n) is 5.97. The Balaban J connectivity index is 1.30. The number of aryl methyl sites for hydroxylation is 1. The number of rotatable bonds is 8. The summed E-state index contributed by atoms with van der Waals surface area (Å²) in [5.41, 5.74) is 2.12. The maximum atomic E-state index is 12.7. The number of benzene rings is 3. The van der Waals surface area contributed by atoms with Crippen molar-refractivity contribution in [3.05, 3.63) is 77.3 Å². The van der Waals surface area contributed by atoms with Crippen LogP contribution in [0.15, 0.2) is 71.6 Å². The first-order valence-electron chi connectivity index (χ1n) is 11.4. The van der Waals surface area contributed by atoms with E-state index >= 15 is 0 Å². The lowest BCUT2D eigenvalue weighted by Gasteiger charge is -2.36. The van der Waals surface area contributed by atoms with Gasteiger partial charge < -0.3 is 19.3 Å². The smallest absolute Gasteiger partial charge is 0.261 e. The van der Waals surface area contributed by atoms with Gasteiger partial charge in [-0.05, 0) is 79.2 Å². The number of nitrogens with one attached hydrogen (secondary N) is 1. The van der Waals surface area contributed by atoms with E-state index in [1.165, 1.54) is 12.1 Å². The highest BCUT2D eigenvalue weighted by Gasteiger charge is 2.22. The number of sulfonamides is 1. The lowest BCUT2D eigenvalue weighted by molar-refractivity contribution is -0.133. The minimum atomic E-state index is -3.78. The van der Waals surface area contributed by atoms with Gasteiger partial charge in [-0.25, -0.2) is 8.42 Å². The number of carbonyl (C=O) groups is 1. The summed E-state index contributed by atoms with van der Waals surface area (Å²) >= 11 is 5.86. The zero-order chi connectivity index (χ0) is 25.7. The highest BCUT2D eigenvalue weighted by atomic mass is 35.5. The van der Waals surface area contributed by atoms with Crippen LogP contribution in [0.2, 0.25) is 5.02 Å². The normalized spacial score (nSPS) is 13.9. The Labute approximate surface area is 216 Å². The van der Waals surface area contributed by atoms with Crippen LogP contribution < -0.4 is 19.1 Å². The fourth-order valence-corrected chi connectivity index (χ4v) is 5.19. The number of nitrogens with zero attached hydrogens (tertiary/aromatic N) is 2. The fourth-order valence-electron chi connectivity index (χ4n) is 3.92. The molecular formula is C26H28ClN3O5S. The minimum absolute atomic E-state index is 0.100. The molecule has 1 fully saturated rings. The van der Waals surface area contributed by atoms with Crippen LogP contribution in [0.4, 0.5) is 11.4 Å². The van der Waals surface area contributed by atoms with Gasteiger partial charge in [-0.3, -0.25) is 9.52 Å². The first-order chi connectivity index (χ1) is 17.2. The summed E-state index contributed by atoms with van der Waals surface area (Å²) in [4.78, 5) is 16.8. The summed E-state index contributed by atoms with van der Waals surface area (Å²) in [7, 11) is -2.14. The molecule has 0 bridgehead atoms. The quantitative estimate of drug-likeness (QED) is 0.471. The van der Waals surface area contributed by atoms with E-state index in [1.807, 2.05) is 24.3 Å². The summed E-state index contributed by atoms with van der Waals surface area (Å²) < 4.78 is 38.9. The van der Waals surface area contributed by atoms with Crippen LogP contribution in [0.1, 0.15) is 5.56 Å². The molecule has 1 aliphatic heterocycles. The second-order valence-electron chi connectivity index (χ2n) is 8.39. The Morgan fingerprint density at radius 3 is 2.25 bits per heavy atom. The van der Waals surface area contributed by atoms with Crippen molar-refractivity contribution in [3.8, 4) is 11.5 Å². The van der Waals surface area contributed by atoms with E-state index in [1.54, 1.807) is 49.3 Å². The average molecular weight is 530 g/mol. The maximum Gasteiger partial charge on any atom is 0.261 e. The molecule has 0 spiro atoms. The lowest BCUT2D eigenvalue weighted by Crippen LogP contribution is -2.50. The summed E-state index contributed by atoms with van der Waals surface area (Å²) in [5, 5.41) is 0.518. The molecule has 0 saturated carbocycles. The van der Waals surface area contributed by atoms with Gasteiger partial charge in [-0.2, -0.15) is 0 Å². The first kappa shape index (κ1) is 25.7. The molecule has 1 heterocycles. The van der Waals surface area contributed by atoms with Crippen LogP contribution in [-0.4, -0.2) is 59.1 Å². The number of anilines is 2. The molecular weight excluding hydrogens is 502 g/mol. The molecule has 0 unspecified atom stereocenters. The number of hydrogen-bond acceptors (Lipinski definition) is 6. The molecule has 10 heteroatoms. The number of piperazine rings is 1. The SMILES string of the molecule is COc1ccc(N2CCN(C(=O)COc3ccc(S(=O)(=O)Nc4ccc(Cl)cc4)cc3C)CC2)cc1. The van der Waals surface area contributed by atoms with E-state index in [2.05, 4.69) is 9.62 Å². The molecule has 190 valence electrons. The number of halogens is 1. The molecule has 0 aliphatic carbocycles. The number of ether oxygens (including phenoxy) is 2. The van der Waals surface area contributed by atoms with Crippen molar-refractivity contribution < 1.29 is 22.7 Å². The second kappa shape index (κ2) is 11.1. The molecule has 0 atom stereocenters. The van der Waals surface area contributed by atoms with Crippen molar-refractivity contribution in [1.29, 1.82) is 0 Å². The largest absolute Gasteiger partial charge is 0.497 e.